The van der Waals surface area contributed by atoms with Crippen molar-refractivity contribution in [1.82, 2.24) is 0 Å². The second-order valence-corrected chi connectivity index (χ2v) is 9.38. The maximum Gasteiger partial charge on any atom is 0.201 e. The molecule has 0 aromatic heterocycles. The largest absolute Gasteiger partial charge is 0.494 e. The van der Waals surface area contributed by atoms with Crippen molar-refractivity contribution in [2.45, 2.75) is 32.1 Å². The first-order valence-corrected chi connectivity index (χ1v) is 13.1. The Kier molecular flexibility index (Phi) is 9.98. The van der Waals surface area contributed by atoms with Crippen LogP contribution in [0.4, 0.5) is 30.7 Å². The van der Waals surface area contributed by atoms with E-state index >= 15 is 0 Å². The van der Waals surface area contributed by atoms with Gasteiger partial charge in [0.05, 0.1) is 13.7 Å². The van der Waals surface area contributed by atoms with Crippen molar-refractivity contribution in [2.75, 3.05) is 20.3 Å². The monoisotopic (exact) mass is 592 g/mol. The number of benzene rings is 4. The molecule has 0 aliphatic heterocycles. The normalized spacial score (nSPS) is 12.6. The van der Waals surface area contributed by atoms with Gasteiger partial charge in [-0.15, -0.1) is 0 Å². The van der Waals surface area contributed by atoms with E-state index in [1.165, 1.54) is 61.7 Å². The lowest BCUT2D eigenvalue weighted by atomic mass is 10.00. The van der Waals surface area contributed by atoms with E-state index in [0.717, 1.165) is 18.6 Å². The number of halogens is 7. The van der Waals surface area contributed by atoms with E-state index in [9.17, 15) is 30.7 Å². The summed E-state index contributed by atoms with van der Waals surface area (Å²) in [6.07, 6.45) is -2.87. The Morgan fingerprint density at radius 1 is 0.643 bits per heavy atom. The summed E-state index contributed by atoms with van der Waals surface area (Å²) in [6, 6.07) is 13.4. The van der Waals surface area contributed by atoms with E-state index in [0.29, 0.717) is 6.42 Å². The van der Waals surface area contributed by atoms with Gasteiger partial charge < -0.3 is 14.2 Å². The molecule has 2 unspecified atom stereocenters. The molecule has 0 spiro atoms. The molecule has 0 bridgehead atoms. The highest BCUT2D eigenvalue weighted by Gasteiger charge is 2.25. The molecule has 0 saturated carbocycles. The van der Waals surface area contributed by atoms with Crippen LogP contribution in [0, 0.1) is 29.1 Å². The van der Waals surface area contributed by atoms with Crippen LogP contribution in [0.2, 0.25) is 0 Å². The van der Waals surface area contributed by atoms with E-state index < -0.39 is 53.8 Å². The van der Waals surface area contributed by atoms with Gasteiger partial charge >= 0.3 is 0 Å². The summed E-state index contributed by atoms with van der Waals surface area (Å²) in [5.74, 6) is -6.68. The van der Waals surface area contributed by atoms with Crippen molar-refractivity contribution in [2.24, 2.45) is 0 Å². The Balaban J connectivity index is 1.40. The highest BCUT2D eigenvalue weighted by molar-refractivity contribution is 5.67. The van der Waals surface area contributed by atoms with E-state index in [1.54, 1.807) is 0 Å². The third-order valence-electron chi connectivity index (χ3n) is 6.57. The number of hydrogen-bond acceptors (Lipinski definition) is 3. The number of methoxy groups -OCH3 is 1. The van der Waals surface area contributed by atoms with Crippen LogP contribution >= 0.6 is 0 Å². The molecule has 0 amide bonds. The molecule has 0 aliphatic rings. The van der Waals surface area contributed by atoms with Crippen LogP contribution in [0.1, 0.15) is 31.5 Å². The minimum Gasteiger partial charge on any atom is -0.494 e. The average Bonchev–Trinajstić information content (AvgIpc) is 2.99. The van der Waals surface area contributed by atoms with E-state index in [2.05, 4.69) is 0 Å². The average molecular weight is 593 g/mol. The summed E-state index contributed by atoms with van der Waals surface area (Å²) in [7, 11) is 1.17. The lowest BCUT2D eigenvalue weighted by Crippen LogP contribution is -2.19. The molecule has 4 aromatic rings. The minimum atomic E-state index is -2.21. The van der Waals surface area contributed by atoms with Gasteiger partial charge in [0.25, 0.3) is 0 Å². The molecule has 0 fully saturated rings. The Morgan fingerprint density at radius 2 is 1.21 bits per heavy atom. The maximum atomic E-state index is 14.9. The molecule has 0 N–H and O–H groups in total. The lowest BCUT2D eigenvalue weighted by molar-refractivity contribution is 0.107. The van der Waals surface area contributed by atoms with Crippen LogP contribution in [0.5, 0.6) is 17.2 Å². The first-order valence-electron chi connectivity index (χ1n) is 13.1. The molecule has 10 heteroatoms. The van der Waals surface area contributed by atoms with Gasteiger partial charge in [0.15, 0.2) is 47.0 Å². The Morgan fingerprint density at radius 3 is 1.83 bits per heavy atom. The van der Waals surface area contributed by atoms with Crippen LogP contribution in [0.25, 0.3) is 22.3 Å². The van der Waals surface area contributed by atoms with Crippen molar-refractivity contribution in [3.63, 3.8) is 0 Å². The minimum absolute atomic E-state index is 0.00543. The highest BCUT2D eigenvalue weighted by atomic mass is 19.2. The lowest BCUT2D eigenvalue weighted by Gasteiger charge is -2.16. The molecule has 3 nitrogen and oxygen atoms in total. The molecule has 0 heterocycles. The second kappa shape index (κ2) is 13.6. The van der Waals surface area contributed by atoms with Crippen LogP contribution in [-0.2, 0) is 0 Å². The Labute approximate surface area is 238 Å². The number of hydrogen-bond donors (Lipinski definition) is 0. The van der Waals surface area contributed by atoms with Gasteiger partial charge in [0.1, 0.15) is 6.61 Å². The van der Waals surface area contributed by atoms with Crippen molar-refractivity contribution < 1.29 is 44.9 Å². The standard InChI is InChI=1S/C32H27F7O3/c1-3-4-15-41-27-14-11-21(29(36)32(27)39)18-5-7-19(8-6-18)28(35)24(34)17-42-25-12-9-20(16-23(25)33)22-10-13-26(40-2)31(38)30(22)37/h5-14,16,24,28H,3-4,15,17H2,1-2H3. The number of ether oxygens (including phenoxy) is 3. The molecular weight excluding hydrogens is 565 g/mol. The van der Waals surface area contributed by atoms with Gasteiger partial charge in [-0.3, -0.25) is 0 Å². The third kappa shape index (κ3) is 6.64. The molecule has 2 atom stereocenters. The summed E-state index contributed by atoms with van der Waals surface area (Å²) in [5.41, 5.74) is -0.163. The van der Waals surface area contributed by atoms with Crippen molar-refractivity contribution in [1.29, 1.82) is 0 Å². The predicted molar refractivity (Wildman–Crippen MR) is 145 cm³/mol. The summed E-state index contributed by atoms with van der Waals surface area (Å²) >= 11 is 0. The molecule has 42 heavy (non-hydrogen) atoms. The summed E-state index contributed by atoms with van der Waals surface area (Å²) < 4.78 is 117. The van der Waals surface area contributed by atoms with Gasteiger partial charge in [0.2, 0.25) is 11.6 Å². The van der Waals surface area contributed by atoms with Gasteiger partial charge in [-0.1, -0.05) is 43.7 Å². The molecule has 222 valence electrons. The van der Waals surface area contributed by atoms with E-state index in [1.807, 2.05) is 6.92 Å². The summed E-state index contributed by atoms with van der Waals surface area (Å²) in [5, 5.41) is 0. The zero-order valence-corrected chi connectivity index (χ0v) is 22.7. The van der Waals surface area contributed by atoms with Crippen molar-refractivity contribution in [3.05, 3.63) is 101 Å². The quantitative estimate of drug-likeness (QED) is 0.121. The number of rotatable bonds is 12. The highest BCUT2D eigenvalue weighted by Crippen LogP contribution is 2.34. The first kappa shape index (κ1) is 30.7. The molecule has 4 aromatic carbocycles. The predicted octanol–water partition coefficient (Wildman–Crippen LogP) is 9.33. The van der Waals surface area contributed by atoms with E-state index in [-0.39, 0.29) is 45.9 Å². The zero-order valence-electron chi connectivity index (χ0n) is 22.7. The van der Waals surface area contributed by atoms with Gasteiger partial charge in [-0.05, 0) is 59.5 Å². The number of unbranched alkanes of at least 4 members (excludes halogenated alkanes) is 1. The molecule has 0 aliphatic carbocycles. The zero-order chi connectivity index (χ0) is 30.4. The fourth-order valence-electron chi connectivity index (χ4n) is 4.20. The van der Waals surface area contributed by atoms with E-state index in [4.69, 9.17) is 14.2 Å². The topological polar surface area (TPSA) is 27.7 Å². The molecule has 0 saturated heterocycles. The maximum absolute atomic E-state index is 14.9. The molecule has 0 radical (unpaired) electrons. The van der Waals surface area contributed by atoms with Gasteiger partial charge in [-0.2, -0.15) is 8.78 Å². The number of alkyl halides is 2. The smallest absolute Gasteiger partial charge is 0.201 e. The van der Waals surface area contributed by atoms with Crippen LogP contribution in [-0.4, -0.2) is 26.5 Å². The van der Waals surface area contributed by atoms with Gasteiger partial charge in [0, 0.05) is 11.1 Å². The third-order valence-corrected chi connectivity index (χ3v) is 6.57. The SMILES string of the molecule is CCCCOc1ccc(-c2ccc(C(F)C(F)COc3ccc(-c4ccc(OC)c(F)c4F)cc3F)cc2)c(F)c1F. The first-order chi connectivity index (χ1) is 20.2. The van der Waals surface area contributed by atoms with Crippen molar-refractivity contribution in [3.8, 4) is 39.5 Å². The summed E-state index contributed by atoms with van der Waals surface area (Å²) in [6.45, 7) is 1.32. The fraction of sp³-hybridized carbons (Fsp3) is 0.250. The second-order valence-electron chi connectivity index (χ2n) is 9.38. The van der Waals surface area contributed by atoms with Gasteiger partial charge in [-0.25, -0.2) is 22.0 Å². The van der Waals surface area contributed by atoms with Crippen LogP contribution < -0.4 is 14.2 Å². The fourth-order valence-corrected chi connectivity index (χ4v) is 4.20. The molecular formula is C32H27F7O3. The Bertz CT molecular complexity index is 1530. The summed E-state index contributed by atoms with van der Waals surface area (Å²) in [4.78, 5) is 0. The van der Waals surface area contributed by atoms with Crippen molar-refractivity contribution >= 4 is 0 Å². The molecule has 4 rings (SSSR count). The van der Waals surface area contributed by atoms with Crippen LogP contribution in [0.3, 0.4) is 0 Å². The van der Waals surface area contributed by atoms with Crippen LogP contribution in [0.15, 0.2) is 66.7 Å². The Hall–Kier alpha value is -4.21.